The van der Waals surface area contributed by atoms with Gasteiger partial charge in [-0.15, -0.1) is 0 Å². The van der Waals surface area contributed by atoms with Gasteiger partial charge in [-0.05, 0) is 24.2 Å². The second-order valence-electron chi connectivity index (χ2n) is 4.54. The number of nitrogens with zero attached hydrogens (tertiary/aromatic N) is 3. The van der Waals surface area contributed by atoms with Crippen LogP contribution in [0, 0.1) is 11.3 Å². The third kappa shape index (κ3) is 1.85. The van der Waals surface area contributed by atoms with E-state index in [1.165, 1.54) is 12.8 Å². The molecule has 4 heteroatoms. The van der Waals surface area contributed by atoms with E-state index >= 15 is 0 Å². The van der Waals surface area contributed by atoms with Gasteiger partial charge in [0.15, 0.2) is 0 Å². The quantitative estimate of drug-likeness (QED) is 0.775. The first-order chi connectivity index (χ1) is 6.65. The van der Waals surface area contributed by atoms with Crippen LogP contribution in [0.25, 0.3) is 0 Å². The largest absolute Gasteiger partial charge is 0.253 e. The van der Waals surface area contributed by atoms with E-state index in [2.05, 4.69) is 32.9 Å². The van der Waals surface area contributed by atoms with Crippen LogP contribution in [0.1, 0.15) is 25.6 Å². The Labute approximate surface area is 93.0 Å². The first-order valence-electron chi connectivity index (χ1n) is 5.04. The molecule has 0 spiro atoms. The van der Waals surface area contributed by atoms with Gasteiger partial charge in [0.25, 0.3) is 0 Å². The number of rotatable bonds is 4. The van der Waals surface area contributed by atoms with Crippen molar-refractivity contribution in [1.29, 1.82) is 0 Å². The Balaban J connectivity index is 2.11. The van der Waals surface area contributed by atoms with Crippen molar-refractivity contribution in [2.75, 3.05) is 5.33 Å². The molecule has 14 heavy (non-hydrogen) atoms. The topological polar surface area (TPSA) is 30.7 Å². The summed E-state index contributed by atoms with van der Waals surface area (Å²) in [5.41, 5.74) is 0.362. The summed E-state index contributed by atoms with van der Waals surface area (Å²) in [6.45, 7) is 2.34. The first kappa shape index (κ1) is 10.1. The number of aryl methyl sites for hydroxylation is 1. The van der Waals surface area contributed by atoms with Gasteiger partial charge in [0.1, 0.15) is 12.2 Å². The summed E-state index contributed by atoms with van der Waals surface area (Å²) in [6, 6.07) is 0. The highest BCUT2D eigenvalue weighted by Gasteiger charge is 2.41. The zero-order valence-electron chi connectivity index (χ0n) is 8.70. The molecule has 0 aliphatic heterocycles. The standard InChI is InChI=1S/C10H16BrN3/c1-10(6-11,8-3-4-8)5-9-12-7-13-14(9)2/h7-8H,3-6H2,1-2H3. The van der Waals surface area contributed by atoms with Crippen LogP contribution in [-0.4, -0.2) is 20.1 Å². The third-order valence-corrected chi connectivity index (χ3v) is 4.52. The average molecular weight is 258 g/mol. The molecule has 1 atom stereocenters. The molecule has 0 aromatic carbocycles. The monoisotopic (exact) mass is 257 g/mol. The number of alkyl halides is 1. The van der Waals surface area contributed by atoms with Gasteiger partial charge < -0.3 is 0 Å². The minimum atomic E-state index is 0.362. The lowest BCUT2D eigenvalue weighted by molar-refractivity contribution is 0.307. The molecule has 0 amide bonds. The van der Waals surface area contributed by atoms with E-state index < -0.39 is 0 Å². The fourth-order valence-electron chi connectivity index (χ4n) is 1.92. The molecule has 0 radical (unpaired) electrons. The Morgan fingerprint density at radius 3 is 2.79 bits per heavy atom. The molecule has 1 aliphatic rings. The van der Waals surface area contributed by atoms with E-state index in [0.717, 1.165) is 23.5 Å². The summed E-state index contributed by atoms with van der Waals surface area (Å²) in [4.78, 5) is 4.29. The number of hydrogen-bond donors (Lipinski definition) is 0. The second kappa shape index (κ2) is 3.65. The van der Waals surface area contributed by atoms with Crippen LogP contribution in [0.2, 0.25) is 0 Å². The van der Waals surface area contributed by atoms with Crippen LogP contribution < -0.4 is 0 Å². The fraction of sp³-hybridized carbons (Fsp3) is 0.800. The molecule has 78 valence electrons. The van der Waals surface area contributed by atoms with Crippen molar-refractivity contribution in [3.63, 3.8) is 0 Å². The van der Waals surface area contributed by atoms with Gasteiger partial charge in [-0.2, -0.15) is 5.10 Å². The van der Waals surface area contributed by atoms with E-state index in [1.807, 2.05) is 11.7 Å². The molecule has 1 unspecified atom stereocenters. The van der Waals surface area contributed by atoms with Gasteiger partial charge in [-0.1, -0.05) is 22.9 Å². The molecule has 1 heterocycles. The summed E-state index contributed by atoms with van der Waals surface area (Å²) < 4.78 is 1.88. The smallest absolute Gasteiger partial charge is 0.138 e. The van der Waals surface area contributed by atoms with Gasteiger partial charge in [0.2, 0.25) is 0 Å². The highest BCUT2D eigenvalue weighted by molar-refractivity contribution is 9.09. The third-order valence-electron chi connectivity index (χ3n) is 3.24. The van der Waals surface area contributed by atoms with E-state index in [4.69, 9.17) is 0 Å². The highest BCUT2D eigenvalue weighted by Crippen LogP contribution is 2.48. The normalized spacial score (nSPS) is 20.8. The fourth-order valence-corrected chi connectivity index (χ4v) is 2.58. The zero-order valence-corrected chi connectivity index (χ0v) is 10.3. The van der Waals surface area contributed by atoms with Crippen LogP contribution in [0.5, 0.6) is 0 Å². The maximum Gasteiger partial charge on any atom is 0.138 e. The molecular weight excluding hydrogens is 242 g/mol. The van der Waals surface area contributed by atoms with Crippen molar-refractivity contribution < 1.29 is 0 Å². The van der Waals surface area contributed by atoms with Gasteiger partial charge in [0.05, 0.1) is 0 Å². The van der Waals surface area contributed by atoms with Crippen molar-refractivity contribution >= 4 is 15.9 Å². The SMILES string of the molecule is Cn1ncnc1CC(C)(CBr)C1CC1. The summed E-state index contributed by atoms with van der Waals surface area (Å²) in [5.74, 6) is 1.97. The van der Waals surface area contributed by atoms with Crippen LogP contribution in [0.3, 0.4) is 0 Å². The lowest BCUT2D eigenvalue weighted by Gasteiger charge is -2.26. The highest BCUT2D eigenvalue weighted by atomic mass is 79.9. The second-order valence-corrected chi connectivity index (χ2v) is 5.10. The van der Waals surface area contributed by atoms with Gasteiger partial charge >= 0.3 is 0 Å². The molecule has 1 aromatic rings. The Kier molecular flexibility index (Phi) is 2.64. The molecule has 0 saturated heterocycles. The number of halogens is 1. The maximum absolute atomic E-state index is 4.29. The Hall–Kier alpha value is -0.380. The van der Waals surface area contributed by atoms with Crippen molar-refractivity contribution in [1.82, 2.24) is 14.8 Å². The minimum absolute atomic E-state index is 0.362. The van der Waals surface area contributed by atoms with Crippen LogP contribution in [0.4, 0.5) is 0 Å². The van der Waals surface area contributed by atoms with E-state index in [1.54, 1.807) is 6.33 Å². The van der Waals surface area contributed by atoms with Gasteiger partial charge in [-0.25, -0.2) is 4.98 Å². The molecule has 2 rings (SSSR count). The molecule has 0 bridgehead atoms. The predicted molar refractivity (Wildman–Crippen MR) is 59.3 cm³/mol. The molecular formula is C10H16BrN3. The van der Waals surface area contributed by atoms with Crippen LogP contribution >= 0.6 is 15.9 Å². The summed E-state index contributed by atoms with van der Waals surface area (Å²) in [6.07, 6.45) is 5.41. The number of aromatic nitrogens is 3. The summed E-state index contributed by atoms with van der Waals surface area (Å²) >= 11 is 3.63. The lowest BCUT2D eigenvalue weighted by Crippen LogP contribution is -2.25. The van der Waals surface area contributed by atoms with E-state index in [9.17, 15) is 0 Å². The Morgan fingerprint density at radius 1 is 1.64 bits per heavy atom. The average Bonchev–Trinajstić information content (AvgIpc) is 2.95. The molecule has 3 nitrogen and oxygen atoms in total. The predicted octanol–water partition coefficient (Wildman–Crippen LogP) is 2.17. The lowest BCUT2D eigenvalue weighted by atomic mass is 9.83. The molecule has 1 aromatic heterocycles. The molecule has 1 saturated carbocycles. The van der Waals surface area contributed by atoms with E-state index in [-0.39, 0.29) is 0 Å². The van der Waals surface area contributed by atoms with Crippen LogP contribution in [-0.2, 0) is 13.5 Å². The maximum atomic E-state index is 4.29. The summed E-state index contributed by atoms with van der Waals surface area (Å²) in [7, 11) is 1.96. The van der Waals surface area contributed by atoms with Crippen molar-refractivity contribution in [2.45, 2.75) is 26.2 Å². The van der Waals surface area contributed by atoms with Crippen LogP contribution in [0.15, 0.2) is 6.33 Å². The van der Waals surface area contributed by atoms with Crippen molar-refractivity contribution in [3.8, 4) is 0 Å². The van der Waals surface area contributed by atoms with Gasteiger partial charge in [-0.3, -0.25) is 4.68 Å². The molecule has 1 aliphatic carbocycles. The van der Waals surface area contributed by atoms with E-state index in [0.29, 0.717) is 5.41 Å². The number of hydrogen-bond acceptors (Lipinski definition) is 2. The van der Waals surface area contributed by atoms with Crippen molar-refractivity contribution in [3.05, 3.63) is 12.2 Å². The Bertz CT molecular complexity index is 319. The Morgan fingerprint density at radius 2 is 2.36 bits per heavy atom. The van der Waals surface area contributed by atoms with Gasteiger partial charge in [0, 0.05) is 18.8 Å². The first-order valence-corrected chi connectivity index (χ1v) is 6.17. The van der Waals surface area contributed by atoms with Crippen molar-refractivity contribution in [2.24, 2.45) is 18.4 Å². The summed E-state index contributed by atoms with van der Waals surface area (Å²) in [5, 5.41) is 5.16. The molecule has 1 fully saturated rings. The minimum Gasteiger partial charge on any atom is -0.253 e. The molecule has 0 N–H and O–H groups in total. The zero-order chi connectivity index (χ0) is 10.2.